The molecule has 2 aromatic carbocycles. The lowest BCUT2D eigenvalue weighted by Crippen LogP contribution is -2.25. The number of ether oxygens (including phenoxy) is 2. The second kappa shape index (κ2) is 8.73. The predicted octanol–water partition coefficient (Wildman–Crippen LogP) is 6.29. The first-order valence-electron chi connectivity index (χ1n) is 9.91. The molecule has 0 saturated carbocycles. The van der Waals surface area contributed by atoms with Crippen molar-refractivity contribution in [2.75, 3.05) is 12.4 Å². The Morgan fingerprint density at radius 2 is 1.45 bits per heavy atom. The molecule has 0 aliphatic carbocycles. The second-order valence-corrected chi connectivity index (χ2v) is 9.11. The van der Waals surface area contributed by atoms with E-state index in [2.05, 4.69) is 5.32 Å². The van der Waals surface area contributed by atoms with Crippen molar-refractivity contribution in [3.05, 3.63) is 59.2 Å². The molecule has 4 heteroatoms. The van der Waals surface area contributed by atoms with Crippen LogP contribution in [0.3, 0.4) is 0 Å². The molecule has 2 rings (SSSR count). The molecule has 0 aromatic heterocycles. The Balaban J connectivity index is 2.37. The fraction of sp³-hybridized carbons (Fsp3) is 0.400. The van der Waals surface area contributed by atoms with Gasteiger partial charge in [0.2, 0.25) is 0 Å². The van der Waals surface area contributed by atoms with Gasteiger partial charge in [-0.25, -0.2) is 0 Å². The standard InChI is InChI=1S/C25H33NO3/c1-17-15-19(11-14-21(27)18-9-12-20(26-8)13-10-18)23(29-25(5,6)7)16-22(17)28-24(2,3)4/h9-16,26H,1-8H3. The first-order valence-corrected chi connectivity index (χ1v) is 9.91. The molecular formula is C25H33NO3. The summed E-state index contributed by atoms with van der Waals surface area (Å²) in [4.78, 5) is 12.6. The van der Waals surface area contributed by atoms with Crippen molar-refractivity contribution in [2.24, 2.45) is 0 Å². The maximum atomic E-state index is 12.6. The zero-order valence-corrected chi connectivity index (χ0v) is 18.8. The van der Waals surface area contributed by atoms with Gasteiger partial charge in [0.25, 0.3) is 0 Å². The first kappa shape index (κ1) is 22.5. The van der Waals surface area contributed by atoms with Crippen LogP contribution in [-0.4, -0.2) is 24.0 Å². The summed E-state index contributed by atoms with van der Waals surface area (Å²) in [7, 11) is 1.85. The molecule has 0 fully saturated rings. The lowest BCUT2D eigenvalue weighted by Gasteiger charge is -2.26. The van der Waals surface area contributed by atoms with E-state index in [9.17, 15) is 4.79 Å². The van der Waals surface area contributed by atoms with Crippen LogP contribution in [0.2, 0.25) is 0 Å². The summed E-state index contributed by atoms with van der Waals surface area (Å²) in [6.45, 7) is 14.0. The van der Waals surface area contributed by atoms with Gasteiger partial charge in [-0.05, 0) is 96.5 Å². The summed E-state index contributed by atoms with van der Waals surface area (Å²) in [5.41, 5.74) is 2.77. The van der Waals surface area contributed by atoms with E-state index in [1.54, 1.807) is 6.08 Å². The van der Waals surface area contributed by atoms with Gasteiger partial charge < -0.3 is 14.8 Å². The average Bonchev–Trinajstić information content (AvgIpc) is 2.60. The normalized spacial score (nSPS) is 12.1. The fourth-order valence-corrected chi connectivity index (χ4v) is 2.74. The van der Waals surface area contributed by atoms with Crippen LogP contribution in [0.25, 0.3) is 6.08 Å². The van der Waals surface area contributed by atoms with Crippen molar-refractivity contribution < 1.29 is 14.3 Å². The molecule has 0 radical (unpaired) electrons. The molecule has 0 amide bonds. The van der Waals surface area contributed by atoms with Crippen molar-refractivity contribution in [3.63, 3.8) is 0 Å². The lowest BCUT2D eigenvalue weighted by molar-refractivity contribution is 0.104. The van der Waals surface area contributed by atoms with Gasteiger partial charge >= 0.3 is 0 Å². The number of hydrogen-bond acceptors (Lipinski definition) is 4. The number of hydrogen-bond donors (Lipinski definition) is 1. The van der Waals surface area contributed by atoms with Crippen molar-refractivity contribution in [1.29, 1.82) is 0 Å². The number of carbonyl (C=O) groups excluding carboxylic acids is 1. The van der Waals surface area contributed by atoms with Gasteiger partial charge in [-0.15, -0.1) is 0 Å². The Morgan fingerprint density at radius 1 is 0.897 bits per heavy atom. The predicted molar refractivity (Wildman–Crippen MR) is 121 cm³/mol. The van der Waals surface area contributed by atoms with Gasteiger partial charge in [0.15, 0.2) is 5.78 Å². The Kier molecular flexibility index (Phi) is 6.78. The van der Waals surface area contributed by atoms with E-state index in [1.165, 1.54) is 0 Å². The van der Waals surface area contributed by atoms with E-state index in [0.717, 1.165) is 22.6 Å². The van der Waals surface area contributed by atoms with Crippen molar-refractivity contribution in [2.45, 2.75) is 59.7 Å². The van der Waals surface area contributed by atoms with Crippen LogP contribution in [0.1, 0.15) is 63.0 Å². The Morgan fingerprint density at radius 3 is 1.97 bits per heavy atom. The molecule has 2 aromatic rings. The molecule has 0 unspecified atom stereocenters. The number of allylic oxidation sites excluding steroid dienone is 1. The summed E-state index contributed by atoms with van der Waals surface area (Å²) >= 11 is 0. The summed E-state index contributed by atoms with van der Waals surface area (Å²) in [6.07, 6.45) is 3.40. The molecule has 0 spiro atoms. The van der Waals surface area contributed by atoms with Gasteiger partial charge in [-0.3, -0.25) is 4.79 Å². The van der Waals surface area contributed by atoms with E-state index in [-0.39, 0.29) is 17.0 Å². The summed E-state index contributed by atoms with van der Waals surface area (Å²) in [5.74, 6) is 1.42. The third kappa shape index (κ3) is 6.97. The fourth-order valence-electron chi connectivity index (χ4n) is 2.74. The number of aryl methyl sites for hydroxylation is 1. The smallest absolute Gasteiger partial charge is 0.185 e. The van der Waals surface area contributed by atoms with Crippen LogP contribution < -0.4 is 14.8 Å². The highest BCUT2D eigenvalue weighted by Crippen LogP contribution is 2.34. The number of anilines is 1. The average molecular weight is 396 g/mol. The zero-order chi connectivity index (χ0) is 21.8. The van der Waals surface area contributed by atoms with Crippen LogP contribution in [0.5, 0.6) is 11.5 Å². The van der Waals surface area contributed by atoms with Gasteiger partial charge in [0.1, 0.15) is 22.7 Å². The SMILES string of the molecule is CNc1ccc(C(=O)C=Cc2cc(C)c(OC(C)(C)C)cc2OC(C)(C)C)cc1. The highest BCUT2D eigenvalue weighted by atomic mass is 16.5. The van der Waals surface area contributed by atoms with Gasteiger partial charge in [0.05, 0.1) is 0 Å². The summed E-state index contributed by atoms with van der Waals surface area (Å²) < 4.78 is 12.2. The Labute approximate surface area is 174 Å². The second-order valence-electron chi connectivity index (χ2n) is 9.11. The maximum absolute atomic E-state index is 12.6. The summed E-state index contributed by atoms with van der Waals surface area (Å²) in [6, 6.07) is 11.3. The highest BCUT2D eigenvalue weighted by molar-refractivity contribution is 6.07. The van der Waals surface area contributed by atoms with Gasteiger partial charge in [-0.2, -0.15) is 0 Å². The molecule has 1 N–H and O–H groups in total. The van der Waals surface area contributed by atoms with Crippen molar-refractivity contribution in [1.82, 2.24) is 0 Å². The lowest BCUT2D eigenvalue weighted by atomic mass is 10.0. The molecule has 0 saturated heterocycles. The molecule has 0 bridgehead atoms. The van der Waals surface area contributed by atoms with Gasteiger partial charge in [-0.1, -0.05) is 0 Å². The van der Waals surface area contributed by atoms with Crippen LogP contribution in [0.15, 0.2) is 42.5 Å². The number of rotatable bonds is 6. The van der Waals surface area contributed by atoms with Crippen molar-refractivity contribution in [3.8, 4) is 11.5 Å². The van der Waals surface area contributed by atoms with Crippen LogP contribution >= 0.6 is 0 Å². The molecule has 0 aliphatic rings. The largest absolute Gasteiger partial charge is 0.488 e. The molecule has 0 atom stereocenters. The molecule has 0 heterocycles. The Hall–Kier alpha value is -2.75. The Bertz CT molecular complexity index is 882. The molecule has 0 aliphatic heterocycles. The minimum absolute atomic E-state index is 0.0537. The number of nitrogens with one attached hydrogen (secondary N) is 1. The maximum Gasteiger partial charge on any atom is 0.185 e. The summed E-state index contributed by atoms with van der Waals surface area (Å²) in [5, 5.41) is 3.05. The number of benzene rings is 2. The van der Waals surface area contributed by atoms with Crippen molar-refractivity contribution >= 4 is 17.5 Å². The molecular weight excluding hydrogens is 362 g/mol. The van der Waals surface area contributed by atoms with Crippen LogP contribution in [0, 0.1) is 6.92 Å². The van der Waals surface area contributed by atoms with Crippen LogP contribution in [0.4, 0.5) is 5.69 Å². The molecule has 4 nitrogen and oxygen atoms in total. The van der Waals surface area contributed by atoms with E-state index < -0.39 is 0 Å². The topological polar surface area (TPSA) is 47.6 Å². The minimum Gasteiger partial charge on any atom is -0.488 e. The molecule has 29 heavy (non-hydrogen) atoms. The zero-order valence-electron chi connectivity index (χ0n) is 18.8. The van der Waals surface area contributed by atoms with Crippen LogP contribution in [-0.2, 0) is 0 Å². The molecule has 156 valence electrons. The third-order valence-corrected chi connectivity index (χ3v) is 4.01. The number of ketones is 1. The quantitative estimate of drug-likeness (QED) is 0.461. The van der Waals surface area contributed by atoms with Gasteiger partial charge in [0, 0.05) is 29.9 Å². The first-order chi connectivity index (χ1) is 13.4. The monoisotopic (exact) mass is 395 g/mol. The number of carbonyl (C=O) groups is 1. The third-order valence-electron chi connectivity index (χ3n) is 4.01. The van der Waals surface area contributed by atoms with E-state index >= 15 is 0 Å². The van der Waals surface area contributed by atoms with E-state index in [0.29, 0.717) is 11.3 Å². The van der Waals surface area contributed by atoms with E-state index in [1.807, 2.05) is 98.0 Å². The highest BCUT2D eigenvalue weighted by Gasteiger charge is 2.19. The minimum atomic E-state index is -0.371. The van der Waals surface area contributed by atoms with E-state index in [4.69, 9.17) is 9.47 Å².